The summed E-state index contributed by atoms with van der Waals surface area (Å²) in [6.07, 6.45) is 3.90. The third-order valence-corrected chi connectivity index (χ3v) is 6.61. The predicted molar refractivity (Wildman–Crippen MR) is 117 cm³/mol. The molecule has 1 amide bonds. The number of benzene rings is 2. The van der Waals surface area contributed by atoms with Crippen LogP contribution in [0.3, 0.4) is 0 Å². The van der Waals surface area contributed by atoms with Crippen LogP contribution in [-0.4, -0.2) is 36.8 Å². The Hall–Kier alpha value is -1.94. The fourth-order valence-electron chi connectivity index (χ4n) is 3.73. The van der Waals surface area contributed by atoms with Crippen LogP contribution in [0.1, 0.15) is 37.0 Å². The Labute approximate surface area is 173 Å². The van der Waals surface area contributed by atoms with E-state index in [-0.39, 0.29) is 11.8 Å². The number of thioether (sulfide) groups is 1. The Bertz CT molecular complexity index is 805. The summed E-state index contributed by atoms with van der Waals surface area (Å²) in [6.45, 7) is 5.65. The lowest BCUT2D eigenvalue weighted by atomic mass is 9.98. The highest BCUT2D eigenvalue weighted by molar-refractivity contribution is 7.99. The SMILES string of the molecule is CCOc1ccc2c(c1)CC(C(=O)N(C)CCCc1cccc(CC)c1)CS2. The molecule has 0 radical (unpaired) electrons. The highest BCUT2D eigenvalue weighted by atomic mass is 32.2. The molecule has 3 rings (SSSR count). The van der Waals surface area contributed by atoms with Gasteiger partial charge in [0.05, 0.1) is 12.5 Å². The molecule has 0 spiro atoms. The Morgan fingerprint density at radius 1 is 1.18 bits per heavy atom. The van der Waals surface area contributed by atoms with Crippen molar-refractivity contribution in [2.24, 2.45) is 5.92 Å². The van der Waals surface area contributed by atoms with E-state index < -0.39 is 0 Å². The van der Waals surface area contributed by atoms with E-state index in [2.05, 4.69) is 43.3 Å². The minimum Gasteiger partial charge on any atom is -0.494 e. The fourth-order valence-corrected chi connectivity index (χ4v) is 4.87. The highest BCUT2D eigenvalue weighted by Crippen LogP contribution is 2.35. The van der Waals surface area contributed by atoms with Crippen LogP contribution in [0.15, 0.2) is 47.4 Å². The molecule has 0 aromatic heterocycles. The molecule has 1 atom stereocenters. The van der Waals surface area contributed by atoms with E-state index in [4.69, 9.17) is 4.74 Å². The molecule has 150 valence electrons. The van der Waals surface area contributed by atoms with Gasteiger partial charge in [-0.25, -0.2) is 0 Å². The van der Waals surface area contributed by atoms with Gasteiger partial charge in [-0.15, -0.1) is 11.8 Å². The molecular weight excluding hydrogens is 366 g/mol. The minimum atomic E-state index is 0.0581. The Morgan fingerprint density at radius 2 is 2.00 bits per heavy atom. The van der Waals surface area contributed by atoms with Gasteiger partial charge in [0.1, 0.15) is 5.75 Å². The van der Waals surface area contributed by atoms with E-state index in [1.54, 1.807) is 11.8 Å². The molecule has 0 fully saturated rings. The number of aryl methyl sites for hydroxylation is 2. The van der Waals surface area contributed by atoms with Crippen molar-refractivity contribution in [2.75, 3.05) is 26.0 Å². The number of carbonyl (C=O) groups is 1. The number of fused-ring (bicyclic) bond motifs is 1. The van der Waals surface area contributed by atoms with Crippen molar-refractivity contribution < 1.29 is 9.53 Å². The maximum absolute atomic E-state index is 12.9. The van der Waals surface area contributed by atoms with Crippen LogP contribution in [0.5, 0.6) is 5.75 Å². The van der Waals surface area contributed by atoms with E-state index in [1.807, 2.05) is 24.9 Å². The second kappa shape index (κ2) is 10.0. The highest BCUT2D eigenvalue weighted by Gasteiger charge is 2.27. The van der Waals surface area contributed by atoms with Gasteiger partial charge < -0.3 is 9.64 Å². The molecule has 2 aromatic carbocycles. The van der Waals surface area contributed by atoms with Gasteiger partial charge >= 0.3 is 0 Å². The Kier molecular flexibility index (Phi) is 7.43. The van der Waals surface area contributed by atoms with E-state index in [0.717, 1.165) is 43.7 Å². The molecule has 0 saturated carbocycles. The molecule has 0 aliphatic carbocycles. The standard InChI is InChI=1S/C24H31NO2S/c1-4-18-8-6-9-19(14-18)10-7-13-25(3)24(26)21-15-20-16-22(27-5-2)11-12-23(20)28-17-21/h6,8-9,11-12,14,16,21H,4-5,7,10,13,15,17H2,1-3H3. The molecule has 0 N–H and O–H groups in total. The van der Waals surface area contributed by atoms with Gasteiger partial charge in [0.25, 0.3) is 0 Å². The van der Waals surface area contributed by atoms with E-state index in [9.17, 15) is 4.79 Å². The van der Waals surface area contributed by atoms with E-state index in [1.165, 1.54) is 21.6 Å². The van der Waals surface area contributed by atoms with Crippen LogP contribution in [0.4, 0.5) is 0 Å². The van der Waals surface area contributed by atoms with Crippen LogP contribution >= 0.6 is 11.8 Å². The molecular formula is C24H31NO2S. The lowest BCUT2D eigenvalue weighted by molar-refractivity contribution is -0.133. The van der Waals surface area contributed by atoms with Crippen molar-refractivity contribution in [3.63, 3.8) is 0 Å². The molecule has 1 unspecified atom stereocenters. The first-order valence-corrected chi connectivity index (χ1v) is 11.3. The summed E-state index contributed by atoms with van der Waals surface area (Å²) >= 11 is 1.79. The van der Waals surface area contributed by atoms with Crippen molar-refractivity contribution in [1.82, 2.24) is 4.90 Å². The number of ether oxygens (including phenoxy) is 1. The van der Waals surface area contributed by atoms with Gasteiger partial charge in [-0.3, -0.25) is 4.79 Å². The zero-order chi connectivity index (χ0) is 19.9. The average Bonchev–Trinajstić information content (AvgIpc) is 2.73. The zero-order valence-electron chi connectivity index (χ0n) is 17.2. The third kappa shape index (κ3) is 5.32. The van der Waals surface area contributed by atoms with Crippen molar-refractivity contribution >= 4 is 17.7 Å². The number of rotatable bonds is 8. The predicted octanol–water partition coefficient (Wildman–Crippen LogP) is 5.00. The summed E-state index contributed by atoms with van der Waals surface area (Å²) in [5.74, 6) is 2.09. The summed E-state index contributed by atoms with van der Waals surface area (Å²) in [6, 6.07) is 15.0. The van der Waals surface area contributed by atoms with Gasteiger partial charge in [0, 0.05) is 24.2 Å². The lowest BCUT2D eigenvalue weighted by Gasteiger charge is -2.28. The molecule has 0 bridgehead atoms. The topological polar surface area (TPSA) is 29.5 Å². The lowest BCUT2D eigenvalue weighted by Crippen LogP contribution is -2.37. The van der Waals surface area contributed by atoms with Crippen LogP contribution in [0, 0.1) is 5.92 Å². The molecule has 3 nitrogen and oxygen atoms in total. The van der Waals surface area contributed by atoms with Crippen molar-refractivity contribution in [3.8, 4) is 5.75 Å². The van der Waals surface area contributed by atoms with Crippen molar-refractivity contribution in [1.29, 1.82) is 0 Å². The maximum Gasteiger partial charge on any atom is 0.226 e. The first kappa shape index (κ1) is 20.8. The molecule has 1 heterocycles. The van der Waals surface area contributed by atoms with Gasteiger partial charge in [0.15, 0.2) is 0 Å². The van der Waals surface area contributed by atoms with Crippen molar-refractivity contribution in [3.05, 3.63) is 59.2 Å². The molecule has 4 heteroatoms. The first-order chi connectivity index (χ1) is 13.6. The average molecular weight is 398 g/mol. The first-order valence-electron chi connectivity index (χ1n) is 10.3. The van der Waals surface area contributed by atoms with Crippen LogP contribution < -0.4 is 4.74 Å². The van der Waals surface area contributed by atoms with Gasteiger partial charge in [-0.1, -0.05) is 31.2 Å². The smallest absolute Gasteiger partial charge is 0.226 e. The Balaban J connectivity index is 1.52. The second-order valence-electron chi connectivity index (χ2n) is 7.45. The molecule has 1 aliphatic rings. The zero-order valence-corrected chi connectivity index (χ0v) is 18.1. The van der Waals surface area contributed by atoms with Crippen molar-refractivity contribution in [2.45, 2.75) is 44.4 Å². The summed E-state index contributed by atoms with van der Waals surface area (Å²) in [5, 5.41) is 0. The van der Waals surface area contributed by atoms with E-state index in [0.29, 0.717) is 6.61 Å². The van der Waals surface area contributed by atoms with E-state index >= 15 is 0 Å². The molecule has 1 aliphatic heterocycles. The van der Waals surface area contributed by atoms with Gasteiger partial charge in [0.2, 0.25) is 5.91 Å². The summed E-state index contributed by atoms with van der Waals surface area (Å²) in [4.78, 5) is 16.1. The van der Waals surface area contributed by atoms with Gasteiger partial charge in [-0.2, -0.15) is 0 Å². The molecule has 2 aromatic rings. The summed E-state index contributed by atoms with van der Waals surface area (Å²) < 4.78 is 5.62. The Morgan fingerprint density at radius 3 is 2.79 bits per heavy atom. The third-order valence-electron chi connectivity index (χ3n) is 5.33. The van der Waals surface area contributed by atoms with Gasteiger partial charge in [-0.05, 0) is 67.5 Å². The molecule has 0 saturated heterocycles. The number of amides is 1. The maximum atomic E-state index is 12.9. The summed E-state index contributed by atoms with van der Waals surface area (Å²) in [5.41, 5.74) is 3.99. The second-order valence-corrected chi connectivity index (χ2v) is 8.51. The number of hydrogen-bond donors (Lipinski definition) is 0. The largest absolute Gasteiger partial charge is 0.494 e. The molecule has 28 heavy (non-hydrogen) atoms. The number of nitrogens with zero attached hydrogens (tertiary/aromatic N) is 1. The fraction of sp³-hybridized carbons (Fsp3) is 0.458. The van der Waals surface area contributed by atoms with Crippen LogP contribution in [0.25, 0.3) is 0 Å². The van der Waals surface area contributed by atoms with Crippen LogP contribution in [0.2, 0.25) is 0 Å². The quantitative estimate of drug-likeness (QED) is 0.627. The monoisotopic (exact) mass is 397 g/mol. The summed E-state index contributed by atoms with van der Waals surface area (Å²) in [7, 11) is 1.95. The number of hydrogen-bond acceptors (Lipinski definition) is 3. The van der Waals surface area contributed by atoms with Crippen LogP contribution in [-0.2, 0) is 24.1 Å². The normalized spacial score (nSPS) is 15.8. The number of carbonyl (C=O) groups excluding carboxylic acids is 1. The minimum absolute atomic E-state index is 0.0581.